The topological polar surface area (TPSA) is 48.1 Å². The Balaban J connectivity index is 1.53. The van der Waals surface area contributed by atoms with E-state index in [1.165, 1.54) is 0 Å². The summed E-state index contributed by atoms with van der Waals surface area (Å²) in [6.07, 6.45) is 6.66. The molecule has 1 aromatic carbocycles. The van der Waals surface area contributed by atoms with Crippen LogP contribution in [0.15, 0.2) is 18.2 Å². The molecule has 0 spiro atoms. The van der Waals surface area contributed by atoms with Crippen LogP contribution in [0.1, 0.15) is 51.9 Å². The van der Waals surface area contributed by atoms with Crippen LogP contribution in [0, 0.1) is 0 Å². The van der Waals surface area contributed by atoms with Crippen LogP contribution < -0.4 is 4.74 Å². The van der Waals surface area contributed by atoms with Crippen LogP contribution in [0.4, 0.5) is 0 Å². The molecule has 1 atom stereocenters. The first-order chi connectivity index (χ1) is 12.1. The van der Waals surface area contributed by atoms with Crippen LogP contribution in [0.3, 0.4) is 0 Å². The maximum absolute atomic E-state index is 12.0. The normalized spacial score (nSPS) is 18.8. The van der Waals surface area contributed by atoms with Gasteiger partial charge >= 0.3 is 5.97 Å². The van der Waals surface area contributed by atoms with Gasteiger partial charge in [-0.15, -0.1) is 0 Å². The number of carbonyl (C=O) groups is 1. The minimum atomic E-state index is -0.649. The van der Waals surface area contributed by atoms with E-state index >= 15 is 0 Å². The van der Waals surface area contributed by atoms with Crippen molar-refractivity contribution in [1.82, 2.24) is 0 Å². The van der Waals surface area contributed by atoms with Crippen molar-refractivity contribution >= 4 is 29.2 Å². The van der Waals surface area contributed by atoms with Crippen LogP contribution >= 0.6 is 23.2 Å². The van der Waals surface area contributed by atoms with Gasteiger partial charge in [-0.1, -0.05) is 49.4 Å². The highest BCUT2D eigenvalue weighted by molar-refractivity contribution is 6.42. The smallest absolute Gasteiger partial charge is 0.340 e. The zero-order chi connectivity index (χ0) is 18.1. The number of ether oxygens (including phenoxy) is 3. The van der Waals surface area contributed by atoms with Crippen molar-refractivity contribution in [2.75, 3.05) is 19.8 Å². The summed E-state index contributed by atoms with van der Waals surface area (Å²) in [6, 6.07) is 5.27. The van der Waals surface area contributed by atoms with Gasteiger partial charge < -0.3 is 14.2 Å². The number of unbranched alkanes of at least 4 members (excludes halogenated alkanes) is 4. The van der Waals surface area contributed by atoms with Crippen molar-refractivity contribution in [2.45, 2.75) is 57.5 Å². The first-order valence-corrected chi connectivity index (χ1v) is 9.72. The van der Waals surface area contributed by atoms with Gasteiger partial charge in [-0.05, 0) is 37.8 Å². The van der Waals surface area contributed by atoms with Crippen molar-refractivity contribution in [3.05, 3.63) is 28.2 Å². The lowest BCUT2D eigenvalue weighted by atomic mass is 10.0. The minimum Gasteiger partial charge on any atom is -0.494 e. The largest absolute Gasteiger partial charge is 0.494 e. The number of rotatable bonds is 12. The highest BCUT2D eigenvalue weighted by atomic mass is 35.5. The summed E-state index contributed by atoms with van der Waals surface area (Å²) in [7, 11) is 0. The third kappa shape index (κ3) is 6.69. The second kappa shape index (κ2) is 10.2. The van der Waals surface area contributed by atoms with E-state index in [1.54, 1.807) is 12.1 Å². The van der Waals surface area contributed by atoms with Crippen LogP contribution in [-0.2, 0) is 14.3 Å². The molecule has 0 aliphatic carbocycles. The van der Waals surface area contributed by atoms with E-state index < -0.39 is 5.60 Å². The lowest BCUT2D eigenvalue weighted by molar-refractivity contribution is -0.150. The van der Waals surface area contributed by atoms with E-state index in [1.807, 2.05) is 6.07 Å². The van der Waals surface area contributed by atoms with Crippen LogP contribution in [0.2, 0.25) is 10.0 Å². The SMILES string of the molecule is CCCCOC(=O)C1(CCCCCCOc2ccc(Cl)c(Cl)c2)CO1. The van der Waals surface area contributed by atoms with Crippen molar-refractivity contribution in [3.63, 3.8) is 0 Å². The van der Waals surface area contributed by atoms with Gasteiger partial charge in [0.15, 0.2) is 5.60 Å². The van der Waals surface area contributed by atoms with E-state index in [-0.39, 0.29) is 5.97 Å². The number of hydrogen-bond donors (Lipinski definition) is 0. The molecular formula is C19H26Cl2O4. The van der Waals surface area contributed by atoms with E-state index in [0.29, 0.717) is 29.9 Å². The molecule has 25 heavy (non-hydrogen) atoms. The van der Waals surface area contributed by atoms with Crippen LogP contribution in [0.25, 0.3) is 0 Å². The zero-order valence-corrected chi connectivity index (χ0v) is 16.2. The standard InChI is InChI=1S/C19H26Cl2O4/c1-2-3-11-24-18(22)19(14-25-19)10-6-4-5-7-12-23-15-8-9-16(20)17(21)13-15/h8-9,13H,2-7,10-12,14H2,1H3. The Morgan fingerprint density at radius 2 is 1.88 bits per heavy atom. The number of hydrogen-bond acceptors (Lipinski definition) is 4. The first-order valence-electron chi connectivity index (χ1n) is 8.96. The van der Waals surface area contributed by atoms with Crippen molar-refractivity contribution in [3.8, 4) is 5.75 Å². The molecule has 0 bridgehead atoms. The van der Waals surface area contributed by atoms with Gasteiger partial charge in [0.2, 0.25) is 0 Å². The Labute approximate surface area is 159 Å². The quantitative estimate of drug-likeness (QED) is 0.272. The van der Waals surface area contributed by atoms with Crippen LogP contribution in [-0.4, -0.2) is 31.4 Å². The second-order valence-electron chi connectivity index (χ2n) is 6.36. The molecule has 4 nitrogen and oxygen atoms in total. The number of carbonyl (C=O) groups excluding carboxylic acids is 1. The zero-order valence-electron chi connectivity index (χ0n) is 14.7. The molecule has 0 N–H and O–H groups in total. The predicted octanol–water partition coefficient (Wildman–Crippen LogP) is 5.44. The summed E-state index contributed by atoms with van der Waals surface area (Å²) in [5, 5.41) is 1.03. The van der Waals surface area contributed by atoms with E-state index in [4.69, 9.17) is 37.4 Å². The average molecular weight is 389 g/mol. The maximum Gasteiger partial charge on any atom is 0.340 e. The Bertz CT molecular complexity index is 558. The fraction of sp³-hybridized carbons (Fsp3) is 0.632. The molecule has 1 aromatic rings. The lowest BCUT2D eigenvalue weighted by Crippen LogP contribution is -2.27. The molecule has 1 aliphatic heterocycles. The molecule has 0 saturated carbocycles. The van der Waals surface area contributed by atoms with Crippen molar-refractivity contribution in [1.29, 1.82) is 0 Å². The van der Waals surface area contributed by atoms with E-state index in [9.17, 15) is 4.79 Å². The summed E-state index contributed by atoms with van der Waals surface area (Å²) in [6.45, 7) is 3.70. The second-order valence-corrected chi connectivity index (χ2v) is 7.18. The van der Waals surface area contributed by atoms with Gasteiger partial charge in [0, 0.05) is 6.07 Å². The molecule has 1 aliphatic rings. The highest BCUT2D eigenvalue weighted by Gasteiger charge is 2.52. The molecule has 6 heteroatoms. The highest BCUT2D eigenvalue weighted by Crippen LogP contribution is 2.34. The minimum absolute atomic E-state index is 0.191. The molecule has 0 radical (unpaired) electrons. The Kier molecular flexibility index (Phi) is 8.34. The van der Waals surface area contributed by atoms with Gasteiger partial charge in [-0.3, -0.25) is 0 Å². The van der Waals surface area contributed by atoms with Crippen molar-refractivity contribution in [2.24, 2.45) is 0 Å². The first kappa shape index (κ1) is 20.3. The van der Waals surface area contributed by atoms with Gasteiger partial charge in [0.25, 0.3) is 0 Å². The molecule has 1 unspecified atom stereocenters. The monoisotopic (exact) mass is 388 g/mol. The molecule has 1 heterocycles. The summed E-state index contributed by atoms with van der Waals surface area (Å²) in [5.74, 6) is 0.540. The Morgan fingerprint density at radius 1 is 1.12 bits per heavy atom. The molecular weight excluding hydrogens is 363 g/mol. The summed E-state index contributed by atoms with van der Waals surface area (Å²) in [4.78, 5) is 12.0. The fourth-order valence-corrected chi connectivity index (χ4v) is 2.80. The van der Waals surface area contributed by atoms with Gasteiger partial charge in [-0.2, -0.15) is 0 Å². The van der Waals surface area contributed by atoms with E-state index in [0.717, 1.165) is 50.7 Å². The summed E-state index contributed by atoms with van der Waals surface area (Å²) < 4.78 is 16.3. The number of epoxide rings is 1. The maximum atomic E-state index is 12.0. The summed E-state index contributed by atoms with van der Waals surface area (Å²) in [5.41, 5.74) is -0.649. The van der Waals surface area contributed by atoms with E-state index in [2.05, 4.69) is 6.92 Å². The molecule has 0 aromatic heterocycles. The van der Waals surface area contributed by atoms with Gasteiger partial charge in [0.05, 0.1) is 29.9 Å². The van der Waals surface area contributed by atoms with Crippen LogP contribution in [0.5, 0.6) is 5.75 Å². The third-order valence-electron chi connectivity index (χ3n) is 4.23. The average Bonchev–Trinajstić information content (AvgIpc) is 3.38. The molecule has 1 saturated heterocycles. The molecule has 0 amide bonds. The predicted molar refractivity (Wildman–Crippen MR) is 99.6 cm³/mol. The fourth-order valence-electron chi connectivity index (χ4n) is 2.51. The number of halogens is 2. The number of benzene rings is 1. The third-order valence-corrected chi connectivity index (χ3v) is 4.97. The Morgan fingerprint density at radius 3 is 2.56 bits per heavy atom. The van der Waals surface area contributed by atoms with Gasteiger partial charge in [0.1, 0.15) is 5.75 Å². The molecule has 1 fully saturated rings. The van der Waals surface area contributed by atoms with Gasteiger partial charge in [-0.25, -0.2) is 4.79 Å². The number of esters is 1. The molecule has 140 valence electrons. The van der Waals surface area contributed by atoms with Crippen molar-refractivity contribution < 1.29 is 19.0 Å². The summed E-state index contributed by atoms with van der Waals surface area (Å²) >= 11 is 11.8. The molecule has 2 rings (SSSR count). The lowest BCUT2D eigenvalue weighted by Gasteiger charge is -2.11. The Hall–Kier alpha value is -0.970.